The molecule has 3 rings (SSSR count). The van der Waals surface area contributed by atoms with Gasteiger partial charge in [-0.05, 0) is 43.2 Å². The number of nitrogens with zero attached hydrogens (tertiary/aromatic N) is 1. The number of anilines is 1. The molecular weight excluding hydrogens is 280 g/mol. The summed E-state index contributed by atoms with van der Waals surface area (Å²) < 4.78 is 2.29. The Kier molecular flexibility index (Phi) is 3.89. The zero-order valence-electron chi connectivity index (χ0n) is 12.4. The number of nitrogens with one attached hydrogen (secondary N) is 1. The molecule has 0 saturated carbocycles. The van der Waals surface area contributed by atoms with Gasteiger partial charge in [-0.1, -0.05) is 35.9 Å². The normalized spacial score (nSPS) is 11.0. The van der Waals surface area contributed by atoms with Gasteiger partial charge < -0.3 is 9.88 Å². The molecule has 21 heavy (non-hydrogen) atoms. The van der Waals surface area contributed by atoms with E-state index in [1.165, 1.54) is 16.5 Å². The van der Waals surface area contributed by atoms with Crippen molar-refractivity contribution >= 4 is 28.2 Å². The highest BCUT2D eigenvalue weighted by molar-refractivity contribution is 6.31. The van der Waals surface area contributed by atoms with E-state index >= 15 is 0 Å². The molecule has 3 heteroatoms. The maximum atomic E-state index is 6.17. The Labute approximate surface area is 130 Å². The highest BCUT2D eigenvalue weighted by Crippen LogP contribution is 2.24. The summed E-state index contributed by atoms with van der Waals surface area (Å²) in [6.45, 7) is 5.97. The minimum absolute atomic E-state index is 0.799. The number of halogens is 1. The maximum absolute atomic E-state index is 6.17. The number of rotatable bonds is 4. The predicted octanol–water partition coefficient (Wildman–Crippen LogP) is 5.24. The van der Waals surface area contributed by atoms with E-state index in [2.05, 4.69) is 53.3 Å². The summed E-state index contributed by atoms with van der Waals surface area (Å²) in [6.07, 6.45) is 2.23. The summed E-state index contributed by atoms with van der Waals surface area (Å²) in [5.74, 6) is 0. The zero-order chi connectivity index (χ0) is 14.8. The third kappa shape index (κ3) is 2.77. The van der Waals surface area contributed by atoms with Crippen LogP contribution in [0.4, 0.5) is 5.69 Å². The molecule has 0 aliphatic carbocycles. The molecule has 1 heterocycles. The Bertz CT molecular complexity index is 774. The van der Waals surface area contributed by atoms with E-state index in [-0.39, 0.29) is 0 Å². The molecule has 2 aromatic carbocycles. The lowest BCUT2D eigenvalue weighted by molar-refractivity contribution is 0.793. The molecule has 1 aromatic heterocycles. The van der Waals surface area contributed by atoms with Crippen molar-refractivity contribution < 1.29 is 0 Å². The number of hydrogen-bond donors (Lipinski definition) is 1. The molecule has 3 aromatic rings. The Morgan fingerprint density at radius 3 is 2.71 bits per heavy atom. The second-order valence-corrected chi connectivity index (χ2v) is 5.68. The first kappa shape index (κ1) is 14.0. The molecule has 2 nitrogen and oxygen atoms in total. The van der Waals surface area contributed by atoms with Gasteiger partial charge in [0.05, 0.1) is 0 Å². The number of fused-ring (bicyclic) bond motifs is 1. The first-order valence-electron chi connectivity index (χ1n) is 7.26. The molecular formula is C18H19ClN2. The topological polar surface area (TPSA) is 17.0 Å². The second kappa shape index (κ2) is 5.82. The molecule has 0 atom stereocenters. The predicted molar refractivity (Wildman–Crippen MR) is 91.1 cm³/mol. The van der Waals surface area contributed by atoms with E-state index < -0.39 is 0 Å². The van der Waals surface area contributed by atoms with Gasteiger partial charge in [-0.15, -0.1) is 0 Å². The average Bonchev–Trinajstić information content (AvgIpc) is 2.87. The van der Waals surface area contributed by atoms with Gasteiger partial charge >= 0.3 is 0 Å². The molecule has 0 radical (unpaired) electrons. The van der Waals surface area contributed by atoms with Crippen molar-refractivity contribution in [3.05, 3.63) is 64.8 Å². The Hall–Kier alpha value is -1.93. The zero-order valence-corrected chi connectivity index (χ0v) is 13.1. The van der Waals surface area contributed by atoms with Crippen LogP contribution in [0, 0.1) is 6.92 Å². The fourth-order valence-electron chi connectivity index (χ4n) is 2.63. The van der Waals surface area contributed by atoms with Crippen LogP contribution in [0.25, 0.3) is 10.9 Å². The summed E-state index contributed by atoms with van der Waals surface area (Å²) in [7, 11) is 0. The monoisotopic (exact) mass is 298 g/mol. The highest BCUT2D eigenvalue weighted by atomic mass is 35.5. The number of aryl methyl sites for hydroxylation is 2. The fourth-order valence-corrected chi connectivity index (χ4v) is 2.81. The van der Waals surface area contributed by atoms with Crippen LogP contribution in [0.2, 0.25) is 5.02 Å². The molecule has 0 aliphatic rings. The van der Waals surface area contributed by atoms with Crippen LogP contribution in [-0.4, -0.2) is 4.57 Å². The quantitative estimate of drug-likeness (QED) is 0.697. The van der Waals surface area contributed by atoms with Crippen LogP contribution in [0.3, 0.4) is 0 Å². The lowest BCUT2D eigenvalue weighted by Crippen LogP contribution is -1.99. The van der Waals surface area contributed by atoms with Gasteiger partial charge in [-0.25, -0.2) is 0 Å². The van der Waals surface area contributed by atoms with Gasteiger partial charge in [0.25, 0.3) is 0 Å². The Morgan fingerprint density at radius 2 is 1.95 bits per heavy atom. The van der Waals surface area contributed by atoms with E-state index in [0.29, 0.717) is 0 Å². The van der Waals surface area contributed by atoms with Crippen LogP contribution < -0.4 is 5.32 Å². The summed E-state index contributed by atoms with van der Waals surface area (Å²) in [4.78, 5) is 0. The van der Waals surface area contributed by atoms with Crippen LogP contribution in [0.1, 0.15) is 18.1 Å². The Balaban J connectivity index is 1.86. The molecule has 0 saturated heterocycles. The standard InChI is InChI=1S/C18H19ClN2/c1-3-21-12-14(16-6-4-5-7-18(16)21)11-20-15-9-8-13(2)17(19)10-15/h4-10,12,20H,3,11H2,1-2H3. The van der Waals surface area contributed by atoms with Gasteiger partial charge in [0, 0.05) is 40.9 Å². The molecule has 0 spiro atoms. The lowest BCUT2D eigenvalue weighted by atomic mass is 10.1. The van der Waals surface area contributed by atoms with E-state index in [9.17, 15) is 0 Å². The molecule has 0 fully saturated rings. The van der Waals surface area contributed by atoms with Gasteiger partial charge in [0.15, 0.2) is 0 Å². The van der Waals surface area contributed by atoms with Crippen LogP contribution in [-0.2, 0) is 13.1 Å². The molecule has 0 unspecified atom stereocenters. The first-order chi connectivity index (χ1) is 10.2. The lowest BCUT2D eigenvalue weighted by Gasteiger charge is -2.07. The summed E-state index contributed by atoms with van der Waals surface area (Å²) >= 11 is 6.17. The van der Waals surface area contributed by atoms with E-state index in [1.807, 2.05) is 19.1 Å². The van der Waals surface area contributed by atoms with Crippen molar-refractivity contribution in [2.24, 2.45) is 0 Å². The van der Waals surface area contributed by atoms with Crippen molar-refractivity contribution in [2.45, 2.75) is 26.9 Å². The first-order valence-corrected chi connectivity index (χ1v) is 7.63. The van der Waals surface area contributed by atoms with Gasteiger partial charge in [-0.3, -0.25) is 0 Å². The van der Waals surface area contributed by atoms with Crippen LogP contribution in [0.5, 0.6) is 0 Å². The smallest absolute Gasteiger partial charge is 0.0483 e. The summed E-state index contributed by atoms with van der Waals surface area (Å²) in [6, 6.07) is 14.6. The van der Waals surface area contributed by atoms with E-state index in [4.69, 9.17) is 11.6 Å². The fraction of sp³-hybridized carbons (Fsp3) is 0.222. The van der Waals surface area contributed by atoms with Crippen molar-refractivity contribution in [1.82, 2.24) is 4.57 Å². The number of aromatic nitrogens is 1. The summed E-state index contributed by atoms with van der Waals surface area (Å²) in [5, 5.41) is 5.57. The largest absolute Gasteiger partial charge is 0.381 e. The van der Waals surface area contributed by atoms with Crippen molar-refractivity contribution in [3.63, 3.8) is 0 Å². The number of hydrogen-bond acceptors (Lipinski definition) is 1. The minimum Gasteiger partial charge on any atom is -0.381 e. The molecule has 0 aliphatic heterocycles. The molecule has 0 amide bonds. The summed E-state index contributed by atoms with van der Waals surface area (Å²) in [5.41, 5.74) is 4.76. The van der Waals surface area contributed by atoms with Gasteiger partial charge in [-0.2, -0.15) is 0 Å². The maximum Gasteiger partial charge on any atom is 0.0483 e. The van der Waals surface area contributed by atoms with E-state index in [0.717, 1.165) is 29.4 Å². The Morgan fingerprint density at radius 1 is 1.14 bits per heavy atom. The van der Waals surface area contributed by atoms with Crippen molar-refractivity contribution in [1.29, 1.82) is 0 Å². The van der Waals surface area contributed by atoms with Crippen LogP contribution >= 0.6 is 11.6 Å². The highest BCUT2D eigenvalue weighted by Gasteiger charge is 2.07. The van der Waals surface area contributed by atoms with Crippen molar-refractivity contribution in [2.75, 3.05) is 5.32 Å². The third-order valence-electron chi connectivity index (χ3n) is 3.87. The van der Waals surface area contributed by atoms with Gasteiger partial charge in [0.2, 0.25) is 0 Å². The number of benzene rings is 2. The molecule has 108 valence electrons. The van der Waals surface area contributed by atoms with Crippen LogP contribution in [0.15, 0.2) is 48.7 Å². The van der Waals surface area contributed by atoms with Crippen molar-refractivity contribution in [3.8, 4) is 0 Å². The molecule has 0 bridgehead atoms. The number of para-hydroxylation sites is 1. The third-order valence-corrected chi connectivity index (χ3v) is 4.27. The minimum atomic E-state index is 0.799. The molecule has 1 N–H and O–H groups in total. The van der Waals surface area contributed by atoms with Gasteiger partial charge in [0.1, 0.15) is 0 Å². The SMILES string of the molecule is CCn1cc(CNc2ccc(C)c(Cl)c2)c2ccccc21. The average molecular weight is 299 g/mol. The second-order valence-electron chi connectivity index (χ2n) is 5.28. The van der Waals surface area contributed by atoms with E-state index in [1.54, 1.807) is 0 Å².